The van der Waals surface area contributed by atoms with Crippen molar-refractivity contribution in [3.63, 3.8) is 0 Å². The minimum Gasteiger partial charge on any atom is -0.490 e. The number of carbonyl (C=O) groups excluding carboxylic acids is 1. The molecule has 0 aliphatic rings. The number of fused-ring (bicyclic) bond motifs is 1. The van der Waals surface area contributed by atoms with Gasteiger partial charge in [-0.05, 0) is 35.4 Å². The third-order valence-electron chi connectivity index (χ3n) is 4.14. The summed E-state index contributed by atoms with van der Waals surface area (Å²) >= 11 is 0. The van der Waals surface area contributed by atoms with Gasteiger partial charge in [0.25, 0.3) is 5.91 Å². The van der Waals surface area contributed by atoms with Crippen molar-refractivity contribution < 1.29 is 14.5 Å². The van der Waals surface area contributed by atoms with E-state index in [1.165, 1.54) is 25.5 Å². The topological polar surface area (TPSA) is 93.8 Å². The van der Waals surface area contributed by atoms with Gasteiger partial charge in [-0.3, -0.25) is 14.9 Å². The van der Waals surface area contributed by atoms with Gasteiger partial charge < -0.3 is 4.74 Å². The van der Waals surface area contributed by atoms with Crippen LogP contribution < -0.4 is 10.2 Å². The molecule has 0 aliphatic heterocycles. The van der Waals surface area contributed by atoms with Crippen LogP contribution >= 0.6 is 0 Å². The largest absolute Gasteiger partial charge is 0.490 e. The molecule has 0 aromatic heterocycles. The van der Waals surface area contributed by atoms with E-state index in [-0.39, 0.29) is 17.3 Å². The van der Waals surface area contributed by atoms with Gasteiger partial charge in [-0.25, -0.2) is 5.43 Å². The number of nitrogens with one attached hydrogen (secondary N) is 1. The Hall–Kier alpha value is -3.74. The first kappa shape index (κ1) is 18.1. The molecule has 0 saturated carbocycles. The number of methoxy groups -OCH3 is 1. The van der Waals surface area contributed by atoms with Crippen LogP contribution in [0.25, 0.3) is 10.8 Å². The molecule has 27 heavy (non-hydrogen) atoms. The van der Waals surface area contributed by atoms with Crippen molar-refractivity contribution in [1.82, 2.24) is 5.43 Å². The SMILES string of the molecule is COc1ccc(/C=N\NC(=O)c2c(C)ccc3ccccc23)cc1[N+](=O)[O-]. The van der Waals surface area contributed by atoms with Gasteiger partial charge in [0.1, 0.15) is 0 Å². The summed E-state index contributed by atoms with van der Waals surface area (Å²) in [4.78, 5) is 23.1. The van der Waals surface area contributed by atoms with E-state index in [9.17, 15) is 14.9 Å². The molecule has 0 heterocycles. The fraction of sp³-hybridized carbons (Fsp3) is 0.100. The fourth-order valence-electron chi connectivity index (χ4n) is 2.83. The van der Waals surface area contributed by atoms with Crippen LogP contribution in [0.2, 0.25) is 0 Å². The molecular weight excluding hydrogens is 346 g/mol. The summed E-state index contributed by atoms with van der Waals surface area (Å²) in [7, 11) is 1.36. The minimum atomic E-state index is -0.534. The maximum atomic E-state index is 12.6. The highest BCUT2D eigenvalue weighted by molar-refractivity contribution is 6.08. The average molecular weight is 363 g/mol. The van der Waals surface area contributed by atoms with E-state index >= 15 is 0 Å². The second kappa shape index (κ2) is 7.65. The first-order chi connectivity index (χ1) is 13.0. The van der Waals surface area contributed by atoms with Crippen molar-refractivity contribution >= 4 is 28.6 Å². The summed E-state index contributed by atoms with van der Waals surface area (Å²) in [6.45, 7) is 1.86. The molecule has 7 heteroatoms. The lowest BCUT2D eigenvalue weighted by Gasteiger charge is -2.08. The van der Waals surface area contributed by atoms with E-state index in [0.717, 1.165) is 16.3 Å². The zero-order valence-electron chi connectivity index (χ0n) is 14.8. The van der Waals surface area contributed by atoms with Gasteiger partial charge in [0.15, 0.2) is 5.75 Å². The molecule has 0 spiro atoms. The van der Waals surface area contributed by atoms with Crippen molar-refractivity contribution in [2.75, 3.05) is 7.11 Å². The normalized spacial score (nSPS) is 10.9. The number of benzene rings is 3. The number of ether oxygens (including phenoxy) is 1. The molecular formula is C20H17N3O4. The number of aryl methyl sites for hydroxylation is 1. The van der Waals surface area contributed by atoms with Gasteiger partial charge in [-0.15, -0.1) is 0 Å². The number of hydrogen-bond acceptors (Lipinski definition) is 5. The van der Waals surface area contributed by atoms with Gasteiger partial charge in [0.2, 0.25) is 0 Å². The molecule has 0 aliphatic carbocycles. The molecule has 3 aromatic rings. The van der Waals surface area contributed by atoms with E-state index in [1.54, 1.807) is 6.07 Å². The Labute approximate surface area is 155 Å². The van der Waals surface area contributed by atoms with Crippen molar-refractivity contribution in [2.24, 2.45) is 5.10 Å². The summed E-state index contributed by atoms with van der Waals surface area (Å²) < 4.78 is 4.96. The van der Waals surface area contributed by atoms with E-state index in [0.29, 0.717) is 11.1 Å². The molecule has 0 fully saturated rings. The lowest BCUT2D eigenvalue weighted by Crippen LogP contribution is -2.19. The molecule has 0 bridgehead atoms. The van der Waals surface area contributed by atoms with Crippen LogP contribution in [0.1, 0.15) is 21.5 Å². The third-order valence-corrected chi connectivity index (χ3v) is 4.14. The molecule has 3 rings (SSSR count). The van der Waals surface area contributed by atoms with Gasteiger partial charge in [0.05, 0.1) is 23.8 Å². The predicted molar refractivity (Wildman–Crippen MR) is 103 cm³/mol. The Kier molecular flexibility index (Phi) is 5.12. The number of nitrogens with zero attached hydrogens (tertiary/aromatic N) is 2. The lowest BCUT2D eigenvalue weighted by molar-refractivity contribution is -0.385. The Morgan fingerprint density at radius 2 is 1.96 bits per heavy atom. The molecule has 0 unspecified atom stereocenters. The molecule has 0 atom stereocenters. The van der Waals surface area contributed by atoms with Crippen LogP contribution in [0.4, 0.5) is 5.69 Å². The molecule has 0 saturated heterocycles. The van der Waals surface area contributed by atoms with Crippen LogP contribution in [0.3, 0.4) is 0 Å². The molecule has 1 N–H and O–H groups in total. The second-order valence-electron chi connectivity index (χ2n) is 5.87. The molecule has 136 valence electrons. The van der Waals surface area contributed by atoms with Gasteiger partial charge in [0, 0.05) is 11.6 Å². The molecule has 0 radical (unpaired) electrons. The van der Waals surface area contributed by atoms with Gasteiger partial charge in [-0.2, -0.15) is 5.10 Å². The maximum Gasteiger partial charge on any atom is 0.311 e. The Morgan fingerprint density at radius 3 is 2.70 bits per heavy atom. The van der Waals surface area contributed by atoms with Gasteiger partial charge in [-0.1, -0.05) is 36.4 Å². The first-order valence-corrected chi connectivity index (χ1v) is 8.15. The average Bonchev–Trinajstić information content (AvgIpc) is 2.67. The van der Waals surface area contributed by atoms with Crippen LogP contribution in [0.5, 0.6) is 5.75 Å². The van der Waals surface area contributed by atoms with Gasteiger partial charge >= 0.3 is 5.69 Å². The van der Waals surface area contributed by atoms with Crippen molar-refractivity contribution in [3.05, 3.63) is 81.4 Å². The molecule has 7 nitrogen and oxygen atoms in total. The first-order valence-electron chi connectivity index (χ1n) is 8.15. The van der Waals surface area contributed by atoms with Crippen molar-refractivity contribution in [1.29, 1.82) is 0 Å². The number of rotatable bonds is 5. The van der Waals surface area contributed by atoms with E-state index in [2.05, 4.69) is 10.5 Å². The van der Waals surface area contributed by atoms with Crippen LogP contribution in [0.15, 0.2) is 59.7 Å². The number of carbonyl (C=O) groups is 1. The highest BCUT2D eigenvalue weighted by atomic mass is 16.6. The summed E-state index contributed by atoms with van der Waals surface area (Å²) in [6, 6.07) is 15.9. The zero-order valence-corrected chi connectivity index (χ0v) is 14.8. The smallest absolute Gasteiger partial charge is 0.311 e. The quantitative estimate of drug-likeness (QED) is 0.423. The summed E-state index contributed by atoms with van der Waals surface area (Å²) in [5, 5.41) is 16.8. The van der Waals surface area contributed by atoms with Crippen LogP contribution in [-0.4, -0.2) is 24.2 Å². The second-order valence-corrected chi connectivity index (χ2v) is 5.87. The lowest BCUT2D eigenvalue weighted by atomic mass is 9.99. The monoisotopic (exact) mass is 363 g/mol. The Bertz CT molecular complexity index is 1060. The highest BCUT2D eigenvalue weighted by Gasteiger charge is 2.15. The Morgan fingerprint density at radius 1 is 1.19 bits per heavy atom. The predicted octanol–water partition coefficient (Wildman–Crippen LogP) is 3.83. The van der Waals surface area contributed by atoms with E-state index < -0.39 is 4.92 Å². The Balaban J connectivity index is 1.83. The fourth-order valence-corrected chi connectivity index (χ4v) is 2.83. The third kappa shape index (κ3) is 3.77. The highest BCUT2D eigenvalue weighted by Crippen LogP contribution is 2.27. The van der Waals surface area contributed by atoms with E-state index in [1.807, 2.05) is 43.3 Å². The zero-order chi connectivity index (χ0) is 19.4. The maximum absolute atomic E-state index is 12.6. The van der Waals surface area contributed by atoms with Crippen molar-refractivity contribution in [2.45, 2.75) is 6.92 Å². The number of nitro groups is 1. The van der Waals surface area contributed by atoms with Crippen LogP contribution in [-0.2, 0) is 0 Å². The number of hydrogen-bond donors (Lipinski definition) is 1. The summed E-state index contributed by atoms with van der Waals surface area (Å²) in [5.41, 5.74) is 4.17. The number of nitro benzene ring substituents is 1. The van der Waals surface area contributed by atoms with Crippen LogP contribution in [0, 0.1) is 17.0 Å². The summed E-state index contributed by atoms with van der Waals surface area (Å²) in [6.07, 6.45) is 1.35. The van der Waals surface area contributed by atoms with E-state index in [4.69, 9.17) is 4.74 Å². The number of hydrazone groups is 1. The summed E-state index contributed by atoms with van der Waals surface area (Å²) in [5.74, 6) is -0.184. The van der Waals surface area contributed by atoms with Crippen molar-refractivity contribution in [3.8, 4) is 5.75 Å². The number of amides is 1. The molecule has 3 aromatic carbocycles. The molecule has 1 amide bonds. The standard InChI is InChI=1S/C20H17N3O4/c1-13-7-9-15-5-3-4-6-16(15)19(13)20(24)22-21-12-14-8-10-18(27-2)17(11-14)23(25)26/h3-12H,1-2H3,(H,22,24)/b21-12-. The minimum absolute atomic E-state index is 0.160.